The molecule has 156 valence electrons. The van der Waals surface area contributed by atoms with Crippen LogP contribution in [0.5, 0.6) is 11.5 Å². The first-order valence-electron chi connectivity index (χ1n) is 9.93. The molecule has 0 aliphatic heterocycles. The summed E-state index contributed by atoms with van der Waals surface area (Å²) in [4.78, 5) is 25.5. The maximum atomic E-state index is 12.9. The summed E-state index contributed by atoms with van der Waals surface area (Å²) < 4.78 is 10.7. The van der Waals surface area contributed by atoms with Crippen molar-refractivity contribution in [3.05, 3.63) is 23.8 Å². The molecule has 2 N–H and O–H groups in total. The van der Waals surface area contributed by atoms with Gasteiger partial charge in [-0.15, -0.1) is 0 Å². The molecule has 2 atom stereocenters. The number of benzene rings is 1. The highest BCUT2D eigenvalue weighted by Gasteiger charge is 2.30. The fourth-order valence-corrected chi connectivity index (χ4v) is 3.81. The first kappa shape index (κ1) is 21.9. The van der Waals surface area contributed by atoms with E-state index < -0.39 is 5.97 Å². The molecule has 0 bridgehead atoms. The number of carboxylic acids is 1. The normalized spacial score (nSPS) is 19.0. The van der Waals surface area contributed by atoms with Gasteiger partial charge in [0.05, 0.1) is 14.2 Å². The van der Waals surface area contributed by atoms with Crippen LogP contribution >= 0.6 is 0 Å². The van der Waals surface area contributed by atoms with Gasteiger partial charge in [-0.1, -0.05) is 25.8 Å². The van der Waals surface area contributed by atoms with E-state index in [4.69, 9.17) is 14.6 Å². The lowest BCUT2D eigenvalue weighted by Crippen LogP contribution is -2.49. The van der Waals surface area contributed by atoms with Crippen LogP contribution in [0.4, 0.5) is 4.79 Å². The van der Waals surface area contributed by atoms with Crippen molar-refractivity contribution in [1.29, 1.82) is 0 Å². The fraction of sp³-hybridized carbons (Fsp3) is 0.619. The summed E-state index contributed by atoms with van der Waals surface area (Å²) in [6.45, 7) is 3.03. The molecule has 7 heteroatoms. The minimum Gasteiger partial charge on any atom is -0.493 e. The van der Waals surface area contributed by atoms with E-state index in [1.807, 2.05) is 23.1 Å². The summed E-state index contributed by atoms with van der Waals surface area (Å²) >= 11 is 0. The largest absolute Gasteiger partial charge is 0.493 e. The van der Waals surface area contributed by atoms with Gasteiger partial charge in [0.25, 0.3) is 0 Å². The average Bonchev–Trinajstić information content (AvgIpc) is 2.69. The van der Waals surface area contributed by atoms with Gasteiger partial charge in [-0.3, -0.25) is 4.79 Å². The molecule has 1 saturated carbocycles. The lowest BCUT2D eigenvalue weighted by Gasteiger charge is -2.38. The number of hydrogen-bond donors (Lipinski definition) is 2. The zero-order valence-electron chi connectivity index (χ0n) is 17.1. The molecule has 0 heterocycles. The SMILES string of the molecule is COc1ccc(CN(C(=O)NCCCC(=O)O)C2CCCCC2C)cc1OC. The van der Waals surface area contributed by atoms with Gasteiger partial charge in [0.2, 0.25) is 0 Å². The third kappa shape index (κ3) is 6.04. The highest BCUT2D eigenvalue weighted by molar-refractivity contribution is 5.74. The Kier molecular flexibility index (Phi) is 8.42. The summed E-state index contributed by atoms with van der Waals surface area (Å²) in [5.41, 5.74) is 0.969. The molecule has 2 amide bonds. The molecular weight excluding hydrogens is 360 g/mol. The van der Waals surface area contributed by atoms with Crippen molar-refractivity contribution in [2.24, 2.45) is 5.92 Å². The standard InChI is InChI=1S/C21H32N2O5/c1-15-7-4-5-8-17(15)23(21(26)22-12-6-9-20(24)25)14-16-10-11-18(27-2)19(13-16)28-3/h10-11,13,15,17H,4-9,12,14H2,1-3H3,(H,22,26)(H,24,25). The lowest BCUT2D eigenvalue weighted by atomic mass is 9.85. The second-order valence-electron chi connectivity index (χ2n) is 7.38. The van der Waals surface area contributed by atoms with Crippen molar-refractivity contribution in [2.75, 3.05) is 20.8 Å². The highest BCUT2D eigenvalue weighted by Crippen LogP contribution is 2.31. The summed E-state index contributed by atoms with van der Waals surface area (Å²) in [6, 6.07) is 5.72. The van der Waals surface area contributed by atoms with Crippen LogP contribution in [0.3, 0.4) is 0 Å². The van der Waals surface area contributed by atoms with Gasteiger partial charge in [-0.2, -0.15) is 0 Å². The van der Waals surface area contributed by atoms with Crippen molar-refractivity contribution in [3.63, 3.8) is 0 Å². The molecule has 28 heavy (non-hydrogen) atoms. The van der Waals surface area contributed by atoms with Gasteiger partial charge >= 0.3 is 12.0 Å². The smallest absolute Gasteiger partial charge is 0.317 e. The number of carbonyl (C=O) groups is 2. The van der Waals surface area contributed by atoms with Crippen molar-refractivity contribution in [1.82, 2.24) is 10.2 Å². The molecule has 0 radical (unpaired) electrons. The van der Waals surface area contributed by atoms with E-state index in [1.165, 1.54) is 6.42 Å². The Morgan fingerprint density at radius 3 is 2.54 bits per heavy atom. The van der Waals surface area contributed by atoms with Gasteiger partial charge < -0.3 is 24.8 Å². The van der Waals surface area contributed by atoms with E-state index in [9.17, 15) is 9.59 Å². The molecule has 1 aromatic rings. The molecule has 2 rings (SSSR count). The van der Waals surface area contributed by atoms with Crippen LogP contribution < -0.4 is 14.8 Å². The molecule has 2 unspecified atom stereocenters. The number of nitrogens with one attached hydrogen (secondary N) is 1. The van der Waals surface area contributed by atoms with E-state index in [0.717, 1.165) is 24.8 Å². The molecule has 0 saturated heterocycles. The van der Waals surface area contributed by atoms with Gasteiger partial charge in [0.1, 0.15) is 0 Å². The highest BCUT2D eigenvalue weighted by atomic mass is 16.5. The van der Waals surface area contributed by atoms with Crippen LogP contribution in [0.15, 0.2) is 18.2 Å². The number of ether oxygens (including phenoxy) is 2. The second kappa shape index (κ2) is 10.8. The Morgan fingerprint density at radius 2 is 1.89 bits per heavy atom. The number of hydrogen-bond acceptors (Lipinski definition) is 4. The van der Waals surface area contributed by atoms with Crippen LogP contribution in [-0.2, 0) is 11.3 Å². The van der Waals surface area contributed by atoms with Crippen LogP contribution in [0.2, 0.25) is 0 Å². The lowest BCUT2D eigenvalue weighted by molar-refractivity contribution is -0.137. The molecule has 1 fully saturated rings. The van der Waals surface area contributed by atoms with E-state index in [0.29, 0.717) is 36.9 Å². The monoisotopic (exact) mass is 392 g/mol. The quantitative estimate of drug-likeness (QED) is 0.626. The number of methoxy groups -OCH3 is 2. The molecular formula is C21H32N2O5. The number of amides is 2. The van der Waals surface area contributed by atoms with Crippen LogP contribution in [0.25, 0.3) is 0 Å². The van der Waals surface area contributed by atoms with E-state index in [1.54, 1.807) is 14.2 Å². The zero-order valence-corrected chi connectivity index (χ0v) is 17.1. The van der Waals surface area contributed by atoms with E-state index in [-0.39, 0.29) is 18.5 Å². The number of carboxylic acid groups (broad SMARTS) is 1. The molecule has 1 aliphatic rings. The van der Waals surface area contributed by atoms with E-state index in [2.05, 4.69) is 12.2 Å². The summed E-state index contributed by atoms with van der Waals surface area (Å²) in [6.07, 6.45) is 4.88. The Morgan fingerprint density at radius 1 is 1.18 bits per heavy atom. The molecule has 7 nitrogen and oxygen atoms in total. The Balaban J connectivity index is 2.13. The van der Waals surface area contributed by atoms with Crippen molar-refractivity contribution >= 4 is 12.0 Å². The second-order valence-corrected chi connectivity index (χ2v) is 7.38. The topological polar surface area (TPSA) is 88.1 Å². The third-order valence-electron chi connectivity index (χ3n) is 5.37. The van der Waals surface area contributed by atoms with Crippen molar-refractivity contribution in [2.45, 2.75) is 58.0 Å². The maximum Gasteiger partial charge on any atom is 0.317 e. The van der Waals surface area contributed by atoms with E-state index >= 15 is 0 Å². The van der Waals surface area contributed by atoms with Gasteiger partial charge in [0, 0.05) is 25.6 Å². The predicted octanol–water partition coefficient (Wildman–Crippen LogP) is 3.66. The first-order valence-corrected chi connectivity index (χ1v) is 9.93. The third-order valence-corrected chi connectivity index (χ3v) is 5.37. The Hall–Kier alpha value is -2.44. The van der Waals surface area contributed by atoms with Gasteiger partial charge in [0.15, 0.2) is 11.5 Å². The minimum atomic E-state index is -0.850. The van der Waals surface area contributed by atoms with Gasteiger partial charge in [-0.05, 0) is 42.9 Å². The molecule has 0 aromatic heterocycles. The van der Waals surface area contributed by atoms with Crippen molar-refractivity contribution in [3.8, 4) is 11.5 Å². The van der Waals surface area contributed by atoms with Crippen molar-refractivity contribution < 1.29 is 24.2 Å². The molecule has 1 aromatic carbocycles. The molecule has 1 aliphatic carbocycles. The predicted molar refractivity (Wildman–Crippen MR) is 107 cm³/mol. The Bertz CT molecular complexity index is 664. The first-order chi connectivity index (χ1) is 13.5. The number of urea groups is 1. The van der Waals surface area contributed by atoms with Crippen LogP contribution in [-0.4, -0.2) is 48.8 Å². The fourth-order valence-electron chi connectivity index (χ4n) is 3.81. The van der Waals surface area contributed by atoms with Crippen LogP contribution in [0, 0.1) is 5.92 Å². The summed E-state index contributed by atoms with van der Waals surface area (Å²) in [5.74, 6) is 0.872. The summed E-state index contributed by atoms with van der Waals surface area (Å²) in [7, 11) is 3.19. The number of nitrogens with zero attached hydrogens (tertiary/aromatic N) is 1. The number of carbonyl (C=O) groups excluding carboxylic acids is 1. The van der Waals surface area contributed by atoms with Gasteiger partial charge in [-0.25, -0.2) is 4.79 Å². The number of rotatable bonds is 9. The average molecular weight is 392 g/mol. The Labute approximate surface area is 167 Å². The zero-order chi connectivity index (χ0) is 20.5. The maximum absolute atomic E-state index is 12.9. The molecule has 0 spiro atoms. The summed E-state index contributed by atoms with van der Waals surface area (Å²) in [5, 5.41) is 11.7. The minimum absolute atomic E-state index is 0.0514. The van der Waals surface area contributed by atoms with Crippen LogP contribution in [0.1, 0.15) is 51.0 Å². The number of aliphatic carboxylic acids is 1.